The molecule has 3 aromatic rings. The molecule has 1 amide bonds. The van der Waals surface area contributed by atoms with Gasteiger partial charge < -0.3 is 9.80 Å². The molecule has 1 atom stereocenters. The van der Waals surface area contributed by atoms with Crippen molar-refractivity contribution in [2.45, 2.75) is 25.8 Å². The fourth-order valence-electron chi connectivity index (χ4n) is 3.50. The number of likely N-dealkylation sites (N-methyl/N-ethyl adjacent to an activating group) is 1. The highest BCUT2D eigenvalue weighted by Crippen LogP contribution is 2.24. The van der Waals surface area contributed by atoms with Crippen LogP contribution in [0.2, 0.25) is 0 Å². The SMILES string of the molecule is CCC(c1nc2ccccc2c(=O)n1C)N(CCN(C)C)C(=O)Cc1cccs1. The summed E-state index contributed by atoms with van der Waals surface area (Å²) in [4.78, 5) is 35.9. The summed E-state index contributed by atoms with van der Waals surface area (Å²) in [5.74, 6) is 0.693. The molecule has 1 unspecified atom stereocenters. The molecule has 0 spiro atoms. The maximum Gasteiger partial charge on any atom is 0.261 e. The van der Waals surface area contributed by atoms with Crippen molar-refractivity contribution < 1.29 is 4.79 Å². The first kappa shape index (κ1) is 21.2. The second kappa shape index (κ2) is 9.33. The third kappa shape index (κ3) is 4.74. The van der Waals surface area contributed by atoms with Crippen LogP contribution in [0.15, 0.2) is 46.6 Å². The summed E-state index contributed by atoms with van der Waals surface area (Å²) in [5.41, 5.74) is 0.588. The Morgan fingerprint density at radius 1 is 1.17 bits per heavy atom. The van der Waals surface area contributed by atoms with Gasteiger partial charge >= 0.3 is 0 Å². The zero-order valence-corrected chi connectivity index (χ0v) is 18.3. The standard InChI is InChI=1S/C22H28N4O2S/c1-5-19(21-23-18-11-7-6-10-17(18)22(28)25(21)4)26(13-12-24(2)3)20(27)15-16-9-8-14-29-16/h6-11,14,19H,5,12-13,15H2,1-4H3. The second-order valence-electron chi connectivity index (χ2n) is 7.42. The average molecular weight is 413 g/mol. The monoisotopic (exact) mass is 412 g/mol. The van der Waals surface area contributed by atoms with Gasteiger partial charge in [0.2, 0.25) is 5.91 Å². The normalized spacial score (nSPS) is 12.4. The second-order valence-corrected chi connectivity index (χ2v) is 8.45. The maximum absolute atomic E-state index is 13.3. The number of rotatable bonds is 8. The van der Waals surface area contributed by atoms with E-state index in [4.69, 9.17) is 4.98 Å². The summed E-state index contributed by atoms with van der Waals surface area (Å²) >= 11 is 1.59. The third-order valence-corrected chi connectivity index (χ3v) is 5.97. The molecule has 0 saturated carbocycles. The van der Waals surface area contributed by atoms with Gasteiger partial charge in [-0.1, -0.05) is 25.1 Å². The predicted molar refractivity (Wildman–Crippen MR) is 118 cm³/mol. The van der Waals surface area contributed by atoms with Crippen LogP contribution in [0.25, 0.3) is 10.9 Å². The topological polar surface area (TPSA) is 58.4 Å². The number of thiophene rings is 1. The Bertz CT molecular complexity index is 1030. The van der Waals surface area contributed by atoms with E-state index in [0.717, 1.165) is 11.4 Å². The lowest BCUT2D eigenvalue weighted by Crippen LogP contribution is -2.42. The Balaban J connectivity index is 2.02. The van der Waals surface area contributed by atoms with E-state index in [1.54, 1.807) is 29.0 Å². The van der Waals surface area contributed by atoms with E-state index >= 15 is 0 Å². The van der Waals surface area contributed by atoms with Crippen LogP contribution in [-0.4, -0.2) is 52.4 Å². The van der Waals surface area contributed by atoms with Crippen molar-refractivity contribution in [2.24, 2.45) is 7.05 Å². The maximum atomic E-state index is 13.3. The Morgan fingerprint density at radius 3 is 2.59 bits per heavy atom. The first-order valence-electron chi connectivity index (χ1n) is 9.84. The molecule has 2 heterocycles. The summed E-state index contributed by atoms with van der Waals surface area (Å²) in [6.07, 6.45) is 1.05. The summed E-state index contributed by atoms with van der Waals surface area (Å²) in [5, 5.41) is 2.58. The van der Waals surface area contributed by atoms with Crippen molar-refractivity contribution in [3.63, 3.8) is 0 Å². The van der Waals surface area contributed by atoms with Crippen molar-refractivity contribution in [3.05, 3.63) is 62.8 Å². The van der Waals surface area contributed by atoms with Gasteiger partial charge in [0.15, 0.2) is 0 Å². The number of aromatic nitrogens is 2. The zero-order valence-electron chi connectivity index (χ0n) is 17.5. The van der Waals surface area contributed by atoms with Crippen LogP contribution < -0.4 is 5.56 Å². The minimum atomic E-state index is -0.260. The highest BCUT2D eigenvalue weighted by atomic mass is 32.1. The predicted octanol–water partition coefficient (Wildman–Crippen LogP) is 3.08. The van der Waals surface area contributed by atoms with Gasteiger partial charge in [-0.25, -0.2) is 4.98 Å². The Morgan fingerprint density at radius 2 is 1.93 bits per heavy atom. The molecule has 0 aliphatic carbocycles. The van der Waals surface area contributed by atoms with Crippen LogP contribution in [0, 0.1) is 0 Å². The van der Waals surface area contributed by atoms with Gasteiger partial charge in [-0.3, -0.25) is 14.2 Å². The van der Waals surface area contributed by atoms with Crippen LogP contribution in [0.4, 0.5) is 0 Å². The molecule has 1 aromatic carbocycles. The van der Waals surface area contributed by atoms with Crippen LogP contribution in [0.5, 0.6) is 0 Å². The van der Waals surface area contributed by atoms with Gasteiger partial charge in [-0.05, 0) is 44.1 Å². The fraction of sp³-hybridized carbons (Fsp3) is 0.409. The van der Waals surface area contributed by atoms with Gasteiger partial charge in [-0.2, -0.15) is 0 Å². The summed E-state index contributed by atoms with van der Waals surface area (Å²) < 4.78 is 1.59. The van der Waals surface area contributed by atoms with Gasteiger partial charge in [0.1, 0.15) is 5.82 Å². The van der Waals surface area contributed by atoms with E-state index in [9.17, 15) is 9.59 Å². The molecule has 0 radical (unpaired) electrons. The van der Waals surface area contributed by atoms with Crippen molar-refractivity contribution in [1.82, 2.24) is 19.4 Å². The van der Waals surface area contributed by atoms with Crippen LogP contribution in [0.3, 0.4) is 0 Å². The molecule has 7 heteroatoms. The number of benzene rings is 1. The van der Waals surface area contributed by atoms with Crippen molar-refractivity contribution in [2.75, 3.05) is 27.2 Å². The van der Waals surface area contributed by atoms with Crippen LogP contribution in [0.1, 0.15) is 30.1 Å². The molecule has 6 nitrogen and oxygen atoms in total. The Labute approximate surface area is 175 Å². The summed E-state index contributed by atoms with van der Waals surface area (Å²) in [7, 11) is 5.73. The van der Waals surface area contributed by atoms with E-state index in [1.165, 1.54) is 0 Å². The van der Waals surface area contributed by atoms with Crippen molar-refractivity contribution in [1.29, 1.82) is 0 Å². The van der Waals surface area contributed by atoms with E-state index in [1.807, 2.05) is 61.6 Å². The summed E-state index contributed by atoms with van der Waals surface area (Å²) in [6, 6.07) is 11.1. The van der Waals surface area contributed by atoms with Gasteiger partial charge in [0.05, 0.1) is 23.4 Å². The number of amides is 1. The first-order chi connectivity index (χ1) is 13.9. The largest absolute Gasteiger partial charge is 0.331 e. The van der Waals surface area contributed by atoms with E-state index in [-0.39, 0.29) is 17.5 Å². The lowest BCUT2D eigenvalue weighted by Gasteiger charge is -2.32. The quantitative estimate of drug-likeness (QED) is 0.571. The first-order valence-corrected chi connectivity index (χ1v) is 10.7. The Hall–Kier alpha value is -2.51. The average Bonchev–Trinajstić information content (AvgIpc) is 3.21. The van der Waals surface area contributed by atoms with Gasteiger partial charge in [0.25, 0.3) is 5.56 Å². The molecule has 29 heavy (non-hydrogen) atoms. The fourth-order valence-corrected chi connectivity index (χ4v) is 4.20. The minimum absolute atomic E-state index is 0.0588. The molecule has 0 aliphatic rings. The van der Waals surface area contributed by atoms with Crippen LogP contribution in [-0.2, 0) is 18.3 Å². The molecule has 0 N–H and O–H groups in total. The van der Waals surface area contributed by atoms with E-state index < -0.39 is 0 Å². The lowest BCUT2D eigenvalue weighted by molar-refractivity contribution is -0.133. The molecule has 0 bridgehead atoms. The van der Waals surface area contributed by atoms with Gasteiger partial charge in [-0.15, -0.1) is 11.3 Å². The summed E-state index contributed by atoms with van der Waals surface area (Å²) in [6.45, 7) is 3.36. The molecule has 154 valence electrons. The number of hydrogen-bond donors (Lipinski definition) is 0. The highest BCUT2D eigenvalue weighted by molar-refractivity contribution is 7.10. The molecule has 0 saturated heterocycles. The van der Waals surface area contributed by atoms with Crippen molar-refractivity contribution >= 4 is 28.1 Å². The molecule has 0 fully saturated rings. The zero-order chi connectivity index (χ0) is 21.0. The number of fused-ring (bicyclic) bond motifs is 1. The van der Waals surface area contributed by atoms with Crippen molar-refractivity contribution in [3.8, 4) is 0 Å². The number of carbonyl (C=O) groups is 1. The lowest BCUT2D eigenvalue weighted by atomic mass is 10.1. The number of carbonyl (C=O) groups excluding carboxylic acids is 1. The van der Waals surface area contributed by atoms with Crippen LogP contribution >= 0.6 is 11.3 Å². The number of nitrogens with zero attached hydrogens (tertiary/aromatic N) is 4. The smallest absolute Gasteiger partial charge is 0.261 e. The highest BCUT2D eigenvalue weighted by Gasteiger charge is 2.27. The van der Waals surface area contributed by atoms with E-state index in [2.05, 4.69) is 4.90 Å². The number of hydrogen-bond acceptors (Lipinski definition) is 5. The van der Waals surface area contributed by atoms with E-state index in [0.29, 0.717) is 36.1 Å². The number of para-hydroxylation sites is 1. The minimum Gasteiger partial charge on any atom is -0.331 e. The third-order valence-electron chi connectivity index (χ3n) is 5.09. The Kier molecular flexibility index (Phi) is 6.82. The molecule has 0 aliphatic heterocycles. The van der Waals surface area contributed by atoms with Gasteiger partial charge in [0, 0.05) is 25.0 Å². The molecule has 3 rings (SSSR count). The molecular weight excluding hydrogens is 384 g/mol. The molecular formula is C22H28N4O2S. The molecule has 2 aromatic heterocycles.